The van der Waals surface area contributed by atoms with E-state index in [0.717, 1.165) is 6.26 Å². The molecule has 9 heteroatoms. The second kappa shape index (κ2) is 7.86. The monoisotopic (exact) mass is 401 g/mol. The van der Waals surface area contributed by atoms with E-state index in [9.17, 15) is 18.0 Å². The van der Waals surface area contributed by atoms with Gasteiger partial charge in [0.25, 0.3) is 0 Å². The van der Waals surface area contributed by atoms with Crippen LogP contribution in [0.15, 0.2) is 42.5 Å². The van der Waals surface area contributed by atoms with Crippen LogP contribution in [0.3, 0.4) is 0 Å². The minimum absolute atomic E-state index is 0.0535. The highest BCUT2D eigenvalue weighted by molar-refractivity contribution is 7.92. The SMILES string of the molecule is CS(=O)(=O)Nc1ccc(C(=O)COC(=O)c2cccc(Cl)c2Cl)cc1. The van der Waals surface area contributed by atoms with Crippen LogP contribution >= 0.6 is 23.2 Å². The van der Waals surface area contributed by atoms with Crippen LogP contribution < -0.4 is 4.72 Å². The van der Waals surface area contributed by atoms with Gasteiger partial charge in [-0.2, -0.15) is 0 Å². The summed E-state index contributed by atoms with van der Waals surface area (Å²) in [5, 5.41) is 0.259. The van der Waals surface area contributed by atoms with Crippen molar-refractivity contribution in [2.75, 3.05) is 17.6 Å². The average molecular weight is 402 g/mol. The summed E-state index contributed by atoms with van der Waals surface area (Å²) in [6.45, 7) is -0.486. The lowest BCUT2D eigenvalue weighted by Crippen LogP contribution is -2.15. The minimum Gasteiger partial charge on any atom is -0.454 e. The number of anilines is 1. The lowest BCUT2D eigenvalue weighted by molar-refractivity contribution is 0.0475. The van der Waals surface area contributed by atoms with E-state index < -0.39 is 28.4 Å². The van der Waals surface area contributed by atoms with Gasteiger partial charge in [0.15, 0.2) is 12.4 Å². The molecule has 0 fully saturated rings. The molecule has 132 valence electrons. The fourth-order valence-electron chi connectivity index (χ4n) is 1.89. The van der Waals surface area contributed by atoms with Gasteiger partial charge in [-0.25, -0.2) is 13.2 Å². The summed E-state index contributed by atoms with van der Waals surface area (Å²) in [7, 11) is -3.40. The molecule has 0 saturated carbocycles. The third-order valence-corrected chi connectivity index (χ3v) is 4.44. The van der Waals surface area contributed by atoms with Gasteiger partial charge in [-0.1, -0.05) is 29.3 Å². The van der Waals surface area contributed by atoms with Crippen LogP contribution in [0.25, 0.3) is 0 Å². The van der Waals surface area contributed by atoms with Gasteiger partial charge in [0, 0.05) is 11.3 Å². The maximum Gasteiger partial charge on any atom is 0.340 e. The molecular weight excluding hydrogens is 389 g/mol. The number of ether oxygens (including phenoxy) is 1. The quantitative estimate of drug-likeness (QED) is 0.591. The van der Waals surface area contributed by atoms with Gasteiger partial charge in [-0.3, -0.25) is 9.52 Å². The number of hydrogen-bond donors (Lipinski definition) is 1. The molecule has 25 heavy (non-hydrogen) atoms. The summed E-state index contributed by atoms with van der Waals surface area (Å²) >= 11 is 11.7. The molecule has 0 aromatic heterocycles. The van der Waals surface area contributed by atoms with Crippen LogP contribution in [0.2, 0.25) is 10.0 Å². The maximum absolute atomic E-state index is 12.1. The van der Waals surface area contributed by atoms with Crippen molar-refractivity contribution in [1.29, 1.82) is 0 Å². The lowest BCUT2D eigenvalue weighted by atomic mass is 10.1. The Morgan fingerprint density at radius 2 is 1.72 bits per heavy atom. The third-order valence-electron chi connectivity index (χ3n) is 3.02. The molecule has 0 amide bonds. The number of Topliss-reactive ketones (excluding diaryl/α,β-unsaturated/α-hetero) is 1. The van der Waals surface area contributed by atoms with Crippen LogP contribution in [-0.2, 0) is 14.8 Å². The van der Waals surface area contributed by atoms with Gasteiger partial charge < -0.3 is 4.74 Å². The molecule has 0 aliphatic carbocycles. The smallest absolute Gasteiger partial charge is 0.340 e. The molecule has 2 aromatic carbocycles. The summed E-state index contributed by atoms with van der Waals surface area (Å²) < 4.78 is 29.5. The molecule has 0 aliphatic heterocycles. The summed E-state index contributed by atoms with van der Waals surface area (Å²) in [4.78, 5) is 24.0. The van der Waals surface area contributed by atoms with E-state index in [0.29, 0.717) is 5.69 Å². The van der Waals surface area contributed by atoms with E-state index in [-0.39, 0.29) is 21.2 Å². The topological polar surface area (TPSA) is 89.5 Å². The van der Waals surface area contributed by atoms with Gasteiger partial charge in [-0.15, -0.1) is 0 Å². The fourth-order valence-corrected chi connectivity index (χ4v) is 2.83. The average Bonchev–Trinajstić information content (AvgIpc) is 2.54. The number of sulfonamides is 1. The van der Waals surface area contributed by atoms with Crippen LogP contribution in [0.4, 0.5) is 5.69 Å². The first-order valence-corrected chi connectivity index (χ1v) is 9.54. The molecular formula is C16H13Cl2NO5S. The molecule has 2 rings (SSSR count). The Kier molecular flexibility index (Phi) is 6.05. The predicted molar refractivity (Wildman–Crippen MR) is 96.0 cm³/mol. The first kappa shape index (κ1) is 19.2. The molecule has 0 heterocycles. The van der Waals surface area contributed by atoms with Crippen LogP contribution in [-0.4, -0.2) is 33.0 Å². The van der Waals surface area contributed by atoms with Crippen molar-refractivity contribution in [3.8, 4) is 0 Å². The Balaban J connectivity index is 2.00. The summed E-state index contributed by atoms with van der Waals surface area (Å²) in [5.41, 5.74) is 0.653. The van der Waals surface area contributed by atoms with E-state index in [1.54, 1.807) is 6.07 Å². The molecule has 0 aliphatic rings. The van der Waals surface area contributed by atoms with Crippen molar-refractivity contribution >= 4 is 50.7 Å². The third kappa shape index (κ3) is 5.45. The highest BCUT2D eigenvalue weighted by Crippen LogP contribution is 2.26. The zero-order valence-corrected chi connectivity index (χ0v) is 15.3. The summed E-state index contributed by atoms with van der Waals surface area (Å²) in [6.07, 6.45) is 1.02. The van der Waals surface area contributed by atoms with Crippen LogP contribution in [0.1, 0.15) is 20.7 Å². The summed E-state index contributed by atoms with van der Waals surface area (Å²) in [6, 6.07) is 10.2. The fraction of sp³-hybridized carbons (Fsp3) is 0.125. The lowest BCUT2D eigenvalue weighted by Gasteiger charge is -2.07. The Labute approximate surface area is 154 Å². The Morgan fingerprint density at radius 1 is 1.08 bits per heavy atom. The van der Waals surface area contributed by atoms with Crippen LogP contribution in [0.5, 0.6) is 0 Å². The van der Waals surface area contributed by atoms with Crippen molar-refractivity contribution in [2.24, 2.45) is 0 Å². The van der Waals surface area contributed by atoms with Crippen molar-refractivity contribution in [2.45, 2.75) is 0 Å². The molecule has 0 radical (unpaired) electrons. The number of nitrogens with one attached hydrogen (secondary N) is 1. The molecule has 2 aromatic rings. The van der Waals surface area contributed by atoms with E-state index >= 15 is 0 Å². The Bertz CT molecular complexity index is 911. The van der Waals surface area contributed by atoms with E-state index in [1.165, 1.54) is 36.4 Å². The largest absolute Gasteiger partial charge is 0.454 e. The van der Waals surface area contributed by atoms with Gasteiger partial charge in [-0.05, 0) is 36.4 Å². The predicted octanol–water partition coefficient (Wildman–Crippen LogP) is 3.40. The van der Waals surface area contributed by atoms with E-state index in [4.69, 9.17) is 27.9 Å². The molecule has 0 unspecified atom stereocenters. The zero-order chi connectivity index (χ0) is 18.6. The van der Waals surface area contributed by atoms with E-state index in [1.807, 2.05) is 0 Å². The first-order chi connectivity index (χ1) is 11.7. The number of rotatable bonds is 6. The standard InChI is InChI=1S/C16H13Cl2NO5S/c1-25(22,23)19-11-7-5-10(6-8-11)14(20)9-24-16(21)12-3-2-4-13(17)15(12)18/h2-8,19H,9H2,1H3. The zero-order valence-electron chi connectivity index (χ0n) is 13.0. The maximum atomic E-state index is 12.1. The number of ketones is 1. The second-order valence-corrected chi connectivity index (χ2v) is 7.59. The molecule has 0 saturated heterocycles. The number of carbonyl (C=O) groups excluding carboxylic acids is 2. The highest BCUT2D eigenvalue weighted by atomic mass is 35.5. The number of benzene rings is 2. The van der Waals surface area contributed by atoms with Crippen molar-refractivity contribution in [3.05, 3.63) is 63.6 Å². The van der Waals surface area contributed by atoms with Crippen molar-refractivity contribution in [3.63, 3.8) is 0 Å². The molecule has 6 nitrogen and oxygen atoms in total. The van der Waals surface area contributed by atoms with Crippen LogP contribution in [0, 0.1) is 0 Å². The number of hydrogen-bond acceptors (Lipinski definition) is 5. The number of halogens is 2. The van der Waals surface area contributed by atoms with Gasteiger partial charge in [0.2, 0.25) is 10.0 Å². The Hall–Kier alpha value is -2.09. The molecule has 1 N–H and O–H groups in total. The van der Waals surface area contributed by atoms with Gasteiger partial charge >= 0.3 is 5.97 Å². The van der Waals surface area contributed by atoms with Crippen molar-refractivity contribution in [1.82, 2.24) is 0 Å². The molecule has 0 spiro atoms. The highest BCUT2D eigenvalue weighted by Gasteiger charge is 2.16. The molecule has 0 bridgehead atoms. The minimum atomic E-state index is -3.40. The Morgan fingerprint density at radius 3 is 2.32 bits per heavy atom. The first-order valence-electron chi connectivity index (χ1n) is 6.89. The van der Waals surface area contributed by atoms with Gasteiger partial charge in [0.05, 0.1) is 21.9 Å². The second-order valence-electron chi connectivity index (χ2n) is 5.05. The summed E-state index contributed by atoms with van der Waals surface area (Å²) in [5.74, 6) is -1.21. The number of carbonyl (C=O) groups is 2. The number of esters is 1. The molecule has 0 atom stereocenters. The normalized spacial score (nSPS) is 11.0. The van der Waals surface area contributed by atoms with E-state index in [2.05, 4.69) is 4.72 Å². The van der Waals surface area contributed by atoms with Gasteiger partial charge in [0.1, 0.15) is 0 Å². The van der Waals surface area contributed by atoms with Crippen molar-refractivity contribution < 1.29 is 22.7 Å².